The van der Waals surface area contributed by atoms with Crippen LogP contribution in [0.15, 0.2) is 38.7 Å². The number of thiophene rings is 1. The van der Waals surface area contributed by atoms with Crippen LogP contribution in [0.1, 0.15) is 29.3 Å². The lowest BCUT2D eigenvalue weighted by Crippen LogP contribution is -2.13. The molecule has 24 heavy (non-hydrogen) atoms. The van der Waals surface area contributed by atoms with Gasteiger partial charge in [0.2, 0.25) is 0 Å². The van der Waals surface area contributed by atoms with Crippen molar-refractivity contribution < 1.29 is 0 Å². The van der Waals surface area contributed by atoms with Crippen LogP contribution in [0.25, 0.3) is 10.2 Å². The second kappa shape index (κ2) is 6.65. The Labute approximate surface area is 157 Å². The first-order chi connectivity index (χ1) is 11.6. The number of aromatic amines is 1. The molecule has 1 aliphatic carbocycles. The molecule has 1 atom stereocenters. The maximum Gasteiger partial charge on any atom is 0.260 e. The van der Waals surface area contributed by atoms with Crippen molar-refractivity contribution in [3.05, 3.63) is 55.1 Å². The minimum Gasteiger partial charge on any atom is -0.301 e. The van der Waals surface area contributed by atoms with E-state index >= 15 is 0 Å². The van der Waals surface area contributed by atoms with E-state index < -0.39 is 0 Å². The van der Waals surface area contributed by atoms with Crippen molar-refractivity contribution >= 4 is 49.2 Å². The van der Waals surface area contributed by atoms with Gasteiger partial charge < -0.3 is 4.98 Å². The smallest absolute Gasteiger partial charge is 0.260 e. The third-order valence-corrected chi connectivity index (χ3v) is 7.05. The summed E-state index contributed by atoms with van der Waals surface area (Å²) in [5.74, 6) is 1.50. The van der Waals surface area contributed by atoms with Crippen LogP contribution in [0.4, 0.5) is 0 Å². The number of benzene rings is 1. The minimum atomic E-state index is 0.0189. The largest absolute Gasteiger partial charge is 0.301 e. The van der Waals surface area contributed by atoms with Crippen LogP contribution in [-0.4, -0.2) is 9.97 Å². The first-order valence-electron chi connectivity index (χ1n) is 8.02. The summed E-state index contributed by atoms with van der Waals surface area (Å²) < 4.78 is 1.07. The van der Waals surface area contributed by atoms with E-state index in [2.05, 4.69) is 40.0 Å². The molecule has 0 saturated heterocycles. The quantitative estimate of drug-likeness (QED) is 0.469. The summed E-state index contributed by atoms with van der Waals surface area (Å²) in [5.41, 5.74) is 2.47. The number of aryl methyl sites for hydroxylation is 1. The molecular formula is C18H17BrN2OS2. The molecule has 0 aliphatic heterocycles. The Morgan fingerprint density at radius 2 is 2.17 bits per heavy atom. The number of fused-ring (bicyclic) bond motifs is 3. The van der Waals surface area contributed by atoms with E-state index in [-0.39, 0.29) is 5.56 Å². The van der Waals surface area contributed by atoms with Crippen molar-refractivity contribution in [1.82, 2.24) is 9.97 Å². The number of nitrogens with zero attached hydrogens (tertiary/aromatic N) is 1. The molecule has 0 spiro atoms. The maximum atomic E-state index is 12.6. The Bertz CT molecular complexity index is 946. The van der Waals surface area contributed by atoms with E-state index in [1.165, 1.54) is 22.4 Å². The van der Waals surface area contributed by atoms with E-state index in [1.54, 1.807) is 23.1 Å². The van der Waals surface area contributed by atoms with Crippen LogP contribution in [0.2, 0.25) is 0 Å². The van der Waals surface area contributed by atoms with Crippen molar-refractivity contribution in [2.45, 2.75) is 37.1 Å². The van der Waals surface area contributed by atoms with Gasteiger partial charge in [-0.1, -0.05) is 46.7 Å². The van der Waals surface area contributed by atoms with Gasteiger partial charge in [0.1, 0.15) is 4.83 Å². The number of H-pyrrole nitrogens is 1. The molecule has 0 saturated carbocycles. The molecule has 2 heterocycles. The standard InChI is InChI=1S/C18H17BrN2OS2/c1-10-2-7-13-14(8-10)24-17-15(13)16(22)20-18(21-17)23-9-11-3-5-12(19)6-4-11/h3-6,10H,2,7-9H2,1H3,(H,20,21,22). The van der Waals surface area contributed by atoms with Gasteiger partial charge in [-0.15, -0.1) is 11.3 Å². The van der Waals surface area contributed by atoms with Crippen LogP contribution >= 0.6 is 39.0 Å². The predicted molar refractivity (Wildman–Crippen MR) is 105 cm³/mol. The van der Waals surface area contributed by atoms with Gasteiger partial charge in [0, 0.05) is 15.1 Å². The van der Waals surface area contributed by atoms with Gasteiger partial charge in [-0.3, -0.25) is 4.79 Å². The molecule has 3 aromatic rings. The molecular weight excluding hydrogens is 404 g/mol. The van der Waals surface area contributed by atoms with Gasteiger partial charge >= 0.3 is 0 Å². The Hall–Kier alpha value is -1.11. The fraction of sp³-hybridized carbons (Fsp3) is 0.333. The molecule has 124 valence electrons. The minimum absolute atomic E-state index is 0.0189. The van der Waals surface area contributed by atoms with Crippen molar-refractivity contribution in [2.75, 3.05) is 0 Å². The molecule has 0 fully saturated rings. The normalized spacial score (nSPS) is 17.2. The highest BCUT2D eigenvalue weighted by molar-refractivity contribution is 9.10. The first kappa shape index (κ1) is 16.4. The van der Waals surface area contributed by atoms with Crippen molar-refractivity contribution in [3.63, 3.8) is 0 Å². The Morgan fingerprint density at radius 3 is 2.96 bits per heavy atom. The van der Waals surface area contributed by atoms with Gasteiger partial charge in [0.05, 0.1) is 5.39 Å². The lowest BCUT2D eigenvalue weighted by atomic mass is 9.89. The summed E-state index contributed by atoms with van der Waals surface area (Å²) >= 11 is 6.73. The molecule has 1 unspecified atom stereocenters. The average Bonchev–Trinajstić information content (AvgIpc) is 2.92. The number of nitrogens with one attached hydrogen (secondary N) is 1. The molecule has 3 nitrogen and oxygen atoms in total. The number of hydrogen-bond acceptors (Lipinski definition) is 4. The summed E-state index contributed by atoms with van der Waals surface area (Å²) in [6.45, 7) is 2.28. The van der Waals surface area contributed by atoms with E-state index in [0.29, 0.717) is 11.1 Å². The highest BCUT2D eigenvalue weighted by atomic mass is 79.9. The van der Waals surface area contributed by atoms with Crippen LogP contribution in [0.5, 0.6) is 0 Å². The summed E-state index contributed by atoms with van der Waals surface area (Å²) in [5, 5.41) is 1.54. The third kappa shape index (κ3) is 3.19. The lowest BCUT2D eigenvalue weighted by Gasteiger charge is -2.17. The summed E-state index contributed by atoms with van der Waals surface area (Å²) in [4.78, 5) is 22.5. The maximum absolute atomic E-state index is 12.6. The second-order valence-corrected chi connectivity index (χ2v) is 9.28. The zero-order chi connectivity index (χ0) is 16.7. The van der Waals surface area contributed by atoms with Gasteiger partial charge in [-0.2, -0.15) is 0 Å². The summed E-state index contributed by atoms with van der Waals surface area (Å²) in [6, 6.07) is 8.23. The number of aromatic nitrogens is 2. The fourth-order valence-corrected chi connectivity index (χ4v) is 5.65. The monoisotopic (exact) mass is 420 g/mol. The molecule has 6 heteroatoms. The highest BCUT2D eigenvalue weighted by Crippen LogP contribution is 2.36. The molecule has 1 aliphatic rings. The Kier molecular flexibility index (Phi) is 4.54. The highest BCUT2D eigenvalue weighted by Gasteiger charge is 2.23. The zero-order valence-corrected chi connectivity index (χ0v) is 16.5. The summed E-state index contributed by atoms with van der Waals surface area (Å²) in [7, 11) is 0. The van der Waals surface area contributed by atoms with E-state index in [1.807, 2.05) is 12.1 Å². The Balaban J connectivity index is 1.63. The number of thioether (sulfide) groups is 1. The van der Waals surface area contributed by atoms with Crippen LogP contribution in [0.3, 0.4) is 0 Å². The lowest BCUT2D eigenvalue weighted by molar-refractivity contribution is 0.509. The topological polar surface area (TPSA) is 45.8 Å². The van der Waals surface area contributed by atoms with Crippen LogP contribution in [-0.2, 0) is 18.6 Å². The third-order valence-electron chi connectivity index (χ3n) is 4.43. The predicted octanol–water partition coefficient (Wildman–Crippen LogP) is 5.16. The van der Waals surface area contributed by atoms with E-state index in [0.717, 1.165) is 33.3 Å². The van der Waals surface area contributed by atoms with Gasteiger partial charge in [0.15, 0.2) is 5.16 Å². The van der Waals surface area contributed by atoms with Crippen LogP contribution in [0, 0.1) is 5.92 Å². The SMILES string of the molecule is CC1CCc2c(sc3nc(SCc4ccc(Br)cc4)[nH]c(=O)c23)C1. The average molecular weight is 421 g/mol. The second-order valence-electron chi connectivity index (χ2n) is 6.32. The molecule has 0 amide bonds. The fourth-order valence-electron chi connectivity index (χ4n) is 3.13. The molecule has 2 aromatic heterocycles. The van der Waals surface area contributed by atoms with Gasteiger partial charge in [-0.05, 0) is 48.4 Å². The number of rotatable bonds is 3. The molecule has 0 bridgehead atoms. The number of hydrogen-bond donors (Lipinski definition) is 1. The molecule has 1 aromatic carbocycles. The van der Waals surface area contributed by atoms with Crippen molar-refractivity contribution in [3.8, 4) is 0 Å². The number of halogens is 1. The first-order valence-corrected chi connectivity index (χ1v) is 10.6. The summed E-state index contributed by atoms with van der Waals surface area (Å²) in [6.07, 6.45) is 3.25. The zero-order valence-electron chi connectivity index (χ0n) is 13.3. The van der Waals surface area contributed by atoms with Crippen molar-refractivity contribution in [2.24, 2.45) is 5.92 Å². The van der Waals surface area contributed by atoms with Crippen molar-refractivity contribution in [1.29, 1.82) is 0 Å². The van der Waals surface area contributed by atoms with Gasteiger partial charge in [0.25, 0.3) is 5.56 Å². The van der Waals surface area contributed by atoms with Gasteiger partial charge in [-0.25, -0.2) is 4.98 Å². The molecule has 1 N–H and O–H groups in total. The van der Waals surface area contributed by atoms with E-state index in [9.17, 15) is 4.79 Å². The van der Waals surface area contributed by atoms with E-state index in [4.69, 9.17) is 4.98 Å². The molecule has 4 rings (SSSR count). The van der Waals surface area contributed by atoms with Crippen LogP contribution < -0.4 is 5.56 Å². The molecule has 0 radical (unpaired) electrons. The Morgan fingerprint density at radius 1 is 1.38 bits per heavy atom.